The van der Waals surface area contributed by atoms with Crippen LogP contribution in [-0.2, 0) is 6.54 Å². The van der Waals surface area contributed by atoms with Gasteiger partial charge in [-0.15, -0.1) is 0 Å². The quantitative estimate of drug-likeness (QED) is 0.761. The van der Waals surface area contributed by atoms with Crippen molar-refractivity contribution in [1.82, 2.24) is 5.32 Å². The first kappa shape index (κ1) is 14.1. The third kappa shape index (κ3) is 4.10. The van der Waals surface area contributed by atoms with E-state index in [9.17, 15) is 0 Å². The normalized spacial score (nSPS) is 10.4. The molecule has 17 heavy (non-hydrogen) atoms. The summed E-state index contributed by atoms with van der Waals surface area (Å²) in [6.07, 6.45) is 2.11. The van der Waals surface area contributed by atoms with Crippen molar-refractivity contribution in [2.75, 3.05) is 20.8 Å². The Morgan fingerprint density at radius 1 is 1.35 bits per heavy atom. The van der Waals surface area contributed by atoms with E-state index in [-0.39, 0.29) is 0 Å². The molecule has 1 aromatic rings. The van der Waals surface area contributed by atoms with Crippen molar-refractivity contribution < 1.29 is 9.47 Å². The van der Waals surface area contributed by atoms with E-state index in [1.54, 1.807) is 7.11 Å². The highest BCUT2D eigenvalue weighted by Crippen LogP contribution is 2.36. The molecule has 0 aliphatic rings. The Bertz CT molecular complexity index is 356. The second kappa shape index (κ2) is 7.41. The number of unbranched alkanes of at least 4 members (excludes halogenated alkanes) is 1. The van der Waals surface area contributed by atoms with E-state index >= 15 is 0 Å². The molecule has 0 aliphatic carbocycles. The molecule has 0 saturated heterocycles. The average molecular weight is 258 g/mol. The molecule has 0 radical (unpaired) electrons. The summed E-state index contributed by atoms with van der Waals surface area (Å²) in [7, 11) is 3.52. The van der Waals surface area contributed by atoms with Gasteiger partial charge in [-0.1, -0.05) is 24.9 Å². The molecular formula is C13H20ClNO2. The SMILES string of the molecule is CCCCOc1c(Cl)cc(CNC)cc1OC. The Kier molecular flexibility index (Phi) is 6.16. The van der Waals surface area contributed by atoms with Crippen molar-refractivity contribution in [2.45, 2.75) is 26.3 Å². The van der Waals surface area contributed by atoms with Gasteiger partial charge in [0.1, 0.15) is 0 Å². The van der Waals surface area contributed by atoms with Crippen LogP contribution in [0, 0.1) is 0 Å². The molecule has 4 heteroatoms. The molecule has 0 saturated carbocycles. The molecule has 0 amide bonds. The molecule has 0 bridgehead atoms. The minimum Gasteiger partial charge on any atom is -0.493 e. The van der Waals surface area contributed by atoms with Crippen molar-refractivity contribution in [2.24, 2.45) is 0 Å². The summed E-state index contributed by atoms with van der Waals surface area (Å²) in [6.45, 7) is 3.54. The summed E-state index contributed by atoms with van der Waals surface area (Å²) in [4.78, 5) is 0. The maximum atomic E-state index is 6.20. The van der Waals surface area contributed by atoms with E-state index in [1.165, 1.54) is 0 Å². The topological polar surface area (TPSA) is 30.5 Å². The Labute approximate surface area is 108 Å². The summed E-state index contributed by atoms with van der Waals surface area (Å²) in [6, 6.07) is 3.85. The lowest BCUT2D eigenvalue weighted by atomic mass is 10.2. The number of hydrogen-bond donors (Lipinski definition) is 1. The number of benzene rings is 1. The van der Waals surface area contributed by atoms with Crippen LogP contribution in [0.3, 0.4) is 0 Å². The third-order valence-electron chi connectivity index (χ3n) is 2.41. The van der Waals surface area contributed by atoms with Crippen LogP contribution in [0.15, 0.2) is 12.1 Å². The first-order valence-electron chi connectivity index (χ1n) is 5.86. The third-order valence-corrected chi connectivity index (χ3v) is 2.70. The van der Waals surface area contributed by atoms with Gasteiger partial charge in [0.25, 0.3) is 0 Å². The van der Waals surface area contributed by atoms with E-state index in [4.69, 9.17) is 21.1 Å². The Balaban J connectivity index is 2.87. The molecule has 0 spiro atoms. The standard InChI is InChI=1S/C13H20ClNO2/c1-4-5-6-17-13-11(14)7-10(9-15-2)8-12(13)16-3/h7-8,15H,4-6,9H2,1-3H3. The van der Waals surface area contributed by atoms with Gasteiger partial charge in [-0.3, -0.25) is 0 Å². The van der Waals surface area contributed by atoms with Crippen molar-refractivity contribution >= 4 is 11.6 Å². The molecule has 0 fully saturated rings. The van der Waals surface area contributed by atoms with Crippen LogP contribution in [0.2, 0.25) is 5.02 Å². The molecule has 1 aromatic carbocycles. The van der Waals surface area contributed by atoms with E-state index < -0.39 is 0 Å². The first-order valence-corrected chi connectivity index (χ1v) is 6.24. The van der Waals surface area contributed by atoms with Crippen LogP contribution in [0.25, 0.3) is 0 Å². The second-order valence-corrected chi connectivity index (χ2v) is 4.25. The lowest BCUT2D eigenvalue weighted by Gasteiger charge is -2.14. The van der Waals surface area contributed by atoms with Gasteiger partial charge in [0.15, 0.2) is 11.5 Å². The Hall–Kier alpha value is -0.930. The van der Waals surface area contributed by atoms with Gasteiger partial charge in [-0.25, -0.2) is 0 Å². The number of rotatable bonds is 7. The van der Waals surface area contributed by atoms with Crippen molar-refractivity contribution in [3.63, 3.8) is 0 Å². The van der Waals surface area contributed by atoms with E-state index in [1.807, 2.05) is 19.2 Å². The molecule has 96 valence electrons. The largest absolute Gasteiger partial charge is 0.493 e. The zero-order chi connectivity index (χ0) is 12.7. The Morgan fingerprint density at radius 2 is 2.12 bits per heavy atom. The highest BCUT2D eigenvalue weighted by molar-refractivity contribution is 6.32. The minimum absolute atomic E-state index is 0.603. The lowest BCUT2D eigenvalue weighted by molar-refractivity contribution is 0.288. The molecule has 0 atom stereocenters. The van der Waals surface area contributed by atoms with Gasteiger partial charge in [-0.05, 0) is 31.2 Å². The summed E-state index contributed by atoms with van der Waals surface area (Å²) in [5.74, 6) is 1.33. The molecule has 1 N–H and O–H groups in total. The lowest BCUT2D eigenvalue weighted by Crippen LogP contribution is -2.06. The fourth-order valence-corrected chi connectivity index (χ4v) is 1.83. The highest BCUT2D eigenvalue weighted by Gasteiger charge is 2.11. The van der Waals surface area contributed by atoms with Gasteiger partial charge in [0.2, 0.25) is 0 Å². The zero-order valence-electron chi connectivity index (χ0n) is 10.7. The average Bonchev–Trinajstić information content (AvgIpc) is 2.32. The van der Waals surface area contributed by atoms with E-state index in [0.29, 0.717) is 23.1 Å². The fourth-order valence-electron chi connectivity index (χ4n) is 1.54. The van der Waals surface area contributed by atoms with Crippen LogP contribution >= 0.6 is 11.6 Å². The fraction of sp³-hybridized carbons (Fsp3) is 0.538. The monoisotopic (exact) mass is 257 g/mol. The summed E-state index contributed by atoms with van der Waals surface area (Å²) < 4.78 is 11.0. The Morgan fingerprint density at radius 3 is 2.71 bits per heavy atom. The summed E-state index contributed by atoms with van der Waals surface area (Å²) in [5, 5.41) is 3.68. The maximum Gasteiger partial charge on any atom is 0.179 e. The first-order chi connectivity index (χ1) is 8.22. The van der Waals surface area contributed by atoms with Gasteiger partial charge in [0.05, 0.1) is 18.7 Å². The van der Waals surface area contributed by atoms with E-state index in [0.717, 1.165) is 24.9 Å². The van der Waals surface area contributed by atoms with Gasteiger partial charge < -0.3 is 14.8 Å². The smallest absolute Gasteiger partial charge is 0.179 e. The number of hydrogen-bond acceptors (Lipinski definition) is 3. The number of methoxy groups -OCH3 is 1. The number of nitrogens with one attached hydrogen (secondary N) is 1. The second-order valence-electron chi connectivity index (χ2n) is 3.84. The molecular weight excluding hydrogens is 238 g/mol. The minimum atomic E-state index is 0.603. The molecule has 0 unspecified atom stereocenters. The number of halogens is 1. The maximum absolute atomic E-state index is 6.20. The van der Waals surface area contributed by atoms with E-state index in [2.05, 4.69) is 12.2 Å². The predicted octanol–water partition coefficient (Wildman–Crippen LogP) is 3.25. The predicted molar refractivity (Wildman–Crippen MR) is 71.2 cm³/mol. The molecule has 1 rings (SSSR count). The van der Waals surface area contributed by atoms with Gasteiger partial charge >= 0.3 is 0 Å². The summed E-state index contributed by atoms with van der Waals surface area (Å²) >= 11 is 6.20. The summed E-state index contributed by atoms with van der Waals surface area (Å²) in [5.41, 5.74) is 1.08. The highest BCUT2D eigenvalue weighted by atomic mass is 35.5. The molecule has 0 aliphatic heterocycles. The van der Waals surface area contributed by atoms with Crippen LogP contribution < -0.4 is 14.8 Å². The van der Waals surface area contributed by atoms with Crippen LogP contribution in [0.5, 0.6) is 11.5 Å². The van der Waals surface area contributed by atoms with Gasteiger partial charge in [-0.2, -0.15) is 0 Å². The van der Waals surface area contributed by atoms with Crippen molar-refractivity contribution in [3.8, 4) is 11.5 Å². The van der Waals surface area contributed by atoms with Crippen LogP contribution in [0.1, 0.15) is 25.3 Å². The number of ether oxygens (including phenoxy) is 2. The molecule has 0 heterocycles. The van der Waals surface area contributed by atoms with Gasteiger partial charge in [0, 0.05) is 6.54 Å². The molecule has 3 nitrogen and oxygen atoms in total. The van der Waals surface area contributed by atoms with Crippen molar-refractivity contribution in [3.05, 3.63) is 22.7 Å². The molecule has 0 aromatic heterocycles. The zero-order valence-corrected chi connectivity index (χ0v) is 11.4. The van der Waals surface area contributed by atoms with Crippen molar-refractivity contribution in [1.29, 1.82) is 0 Å². The van der Waals surface area contributed by atoms with Crippen LogP contribution in [-0.4, -0.2) is 20.8 Å². The van der Waals surface area contributed by atoms with Crippen LogP contribution in [0.4, 0.5) is 0 Å².